The Morgan fingerprint density at radius 2 is 1.67 bits per heavy atom. The van der Waals surface area contributed by atoms with E-state index in [1.807, 2.05) is 12.1 Å². The van der Waals surface area contributed by atoms with E-state index in [0.29, 0.717) is 5.56 Å². The Balaban J connectivity index is 1.57. The Morgan fingerprint density at radius 3 is 2.29 bits per heavy atom. The largest absolute Gasteiger partial charge is 0.222 e. The highest BCUT2D eigenvalue weighted by Gasteiger charge is 2.19. The molecule has 1 saturated carbocycles. The topological polar surface area (TPSA) is 12.9 Å². The lowest BCUT2D eigenvalue weighted by Crippen LogP contribution is -2.14. The van der Waals surface area contributed by atoms with Crippen LogP contribution in [-0.2, 0) is 6.42 Å². The second kappa shape index (κ2) is 8.11. The summed E-state index contributed by atoms with van der Waals surface area (Å²) in [4.78, 5) is 3.68. The number of benzene rings is 1. The highest BCUT2D eigenvalue weighted by Crippen LogP contribution is 2.33. The predicted octanol–water partition coefficient (Wildman–Crippen LogP) is 6.69. The summed E-state index contributed by atoms with van der Waals surface area (Å²) in [6.45, 7) is 2.31. The molecular weight excluding hydrogens is 321 g/mol. The fraction of sp³-hybridized carbons (Fsp3) is 0.476. The van der Waals surface area contributed by atoms with Crippen LogP contribution in [0.2, 0.25) is 5.15 Å². The van der Waals surface area contributed by atoms with Gasteiger partial charge in [0.1, 0.15) is 5.15 Å². The number of pyridine rings is 1. The minimum atomic E-state index is -0.511. The van der Waals surface area contributed by atoms with Crippen molar-refractivity contribution in [2.75, 3.05) is 0 Å². The Kier molecular flexibility index (Phi) is 5.89. The molecule has 2 aromatic rings. The van der Waals surface area contributed by atoms with Crippen molar-refractivity contribution in [2.24, 2.45) is 11.8 Å². The van der Waals surface area contributed by atoms with Crippen LogP contribution in [0.15, 0.2) is 36.4 Å². The number of rotatable bonds is 5. The molecule has 0 radical (unpaired) electrons. The summed E-state index contributed by atoms with van der Waals surface area (Å²) in [5.41, 5.74) is 2.69. The lowest BCUT2D eigenvalue weighted by atomic mass is 9.78. The van der Waals surface area contributed by atoms with Crippen LogP contribution in [0, 0.1) is 17.8 Å². The number of hydrogen-bond donors (Lipinski definition) is 0. The van der Waals surface area contributed by atoms with Gasteiger partial charge in [0, 0.05) is 5.56 Å². The first-order valence-corrected chi connectivity index (χ1v) is 9.45. The van der Waals surface area contributed by atoms with E-state index < -0.39 is 5.95 Å². The summed E-state index contributed by atoms with van der Waals surface area (Å²) < 4.78 is 13.9. The molecule has 0 atom stereocenters. The molecule has 0 saturated heterocycles. The van der Waals surface area contributed by atoms with Gasteiger partial charge in [0.2, 0.25) is 5.95 Å². The van der Waals surface area contributed by atoms with Gasteiger partial charge in [-0.15, -0.1) is 0 Å². The molecule has 0 bridgehead atoms. The second-order valence-electron chi connectivity index (χ2n) is 7.00. The first-order chi connectivity index (χ1) is 11.7. The molecule has 1 aliphatic carbocycles. The zero-order valence-corrected chi connectivity index (χ0v) is 15.0. The van der Waals surface area contributed by atoms with E-state index in [9.17, 15) is 4.39 Å². The maximum absolute atomic E-state index is 13.9. The first kappa shape index (κ1) is 17.4. The van der Waals surface area contributed by atoms with Crippen LogP contribution in [0.5, 0.6) is 0 Å². The van der Waals surface area contributed by atoms with E-state index in [-0.39, 0.29) is 5.15 Å². The number of aromatic nitrogens is 1. The lowest BCUT2D eigenvalue weighted by molar-refractivity contribution is 0.259. The third kappa shape index (κ3) is 4.36. The summed E-state index contributed by atoms with van der Waals surface area (Å²) in [6.07, 6.45) is 9.31. The van der Waals surface area contributed by atoms with Crippen LogP contribution in [0.25, 0.3) is 11.1 Å². The lowest BCUT2D eigenvalue weighted by Gasteiger charge is -2.27. The summed E-state index contributed by atoms with van der Waals surface area (Å²) in [5.74, 6) is 1.33. The van der Waals surface area contributed by atoms with E-state index >= 15 is 0 Å². The predicted molar refractivity (Wildman–Crippen MR) is 98.7 cm³/mol. The van der Waals surface area contributed by atoms with Crippen molar-refractivity contribution in [3.05, 3.63) is 53.1 Å². The number of aryl methyl sites for hydroxylation is 1. The van der Waals surface area contributed by atoms with E-state index in [2.05, 4.69) is 24.0 Å². The first-order valence-electron chi connectivity index (χ1n) is 9.07. The fourth-order valence-electron chi connectivity index (χ4n) is 3.78. The highest BCUT2D eigenvalue weighted by atomic mass is 35.5. The van der Waals surface area contributed by atoms with Crippen LogP contribution in [-0.4, -0.2) is 4.98 Å². The Bertz CT molecular complexity index is 660. The monoisotopic (exact) mass is 345 g/mol. The van der Waals surface area contributed by atoms with Crippen molar-refractivity contribution in [1.29, 1.82) is 0 Å². The third-order valence-corrected chi connectivity index (χ3v) is 5.68. The molecule has 1 heterocycles. The Labute approximate surface area is 149 Å². The molecule has 3 rings (SSSR count). The SMILES string of the molecule is CCC1CCC(CCc2ccc(-c3ccc(Cl)nc3F)cc2)CC1. The van der Waals surface area contributed by atoms with Crippen molar-refractivity contribution in [1.82, 2.24) is 4.98 Å². The van der Waals surface area contributed by atoms with Crippen molar-refractivity contribution >= 4 is 11.6 Å². The van der Waals surface area contributed by atoms with Crippen LogP contribution in [0.4, 0.5) is 4.39 Å². The summed E-state index contributed by atoms with van der Waals surface area (Å²) >= 11 is 5.71. The maximum atomic E-state index is 13.9. The van der Waals surface area contributed by atoms with Crippen molar-refractivity contribution < 1.29 is 4.39 Å². The van der Waals surface area contributed by atoms with Crippen LogP contribution in [0.3, 0.4) is 0 Å². The van der Waals surface area contributed by atoms with Gasteiger partial charge in [-0.2, -0.15) is 4.39 Å². The molecule has 0 unspecified atom stereocenters. The van der Waals surface area contributed by atoms with Crippen LogP contribution in [0.1, 0.15) is 51.0 Å². The molecule has 0 aliphatic heterocycles. The number of halogens is 2. The minimum Gasteiger partial charge on any atom is -0.207 e. The van der Waals surface area contributed by atoms with E-state index in [1.54, 1.807) is 12.1 Å². The van der Waals surface area contributed by atoms with Gasteiger partial charge < -0.3 is 0 Å². The van der Waals surface area contributed by atoms with Gasteiger partial charge in [0.05, 0.1) is 0 Å². The molecule has 0 spiro atoms. The minimum absolute atomic E-state index is 0.186. The molecular formula is C21H25ClFN. The molecule has 0 N–H and O–H groups in total. The molecule has 1 aromatic carbocycles. The average Bonchev–Trinajstić information content (AvgIpc) is 2.61. The second-order valence-corrected chi connectivity index (χ2v) is 7.39. The van der Waals surface area contributed by atoms with Gasteiger partial charge in [0.25, 0.3) is 0 Å². The average molecular weight is 346 g/mol. The third-order valence-electron chi connectivity index (χ3n) is 5.46. The standard InChI is InChI=1S/C21H25ClFN/c1-2-15-3-5-16(6-4-15)7-8-17-9-11-18(12-10-17)19-13-14-20(22)24-21(19)23/h9-16H,2-8H2,1H3. The molecule has 0 amide bonds. The zero-order chi connectivity index (χ0) is 16.9. The van der Waals surface area contributed by atoms with Crippen LogP contribution < -0.4 is 0 Å². The van der Waals surface area contributed by atoms with Gasteiger partial charge in [0.15, 0.2) is 0 Å². The molecule has 1 aliphatic rings. The van der Waals surface area contributed by atoms with E-state index in [1.165, 1.54) is 44.1 Å². The molecule has 24 heavy (non-hydrogen) atoms. The summed E-state index contributed by atoms with van der Waals surface area (Å²) in [5, 5.41) is 0.186. The summed E-state index contributed by atoms with van der Waals surface area (Å²) in [6, 6.07) is 11.5. The van der Waals surface area contributed by atoms with Gasteiger partial charge in [-0.3, -0.25) is 0 Å². The molecule has 1 fully saturated rings. The quantitative estimate of drug-likeness (QED) is 0.550. The van der Waals surface area contributed by atoms with Crippen molar-refractivity contribution in [2.45, 2.75) is 51.9 Å². The smallest absolute Gasteiger partial charge is 0.207 e. The summed E-state index contributed by atoms with van der Waals surface area (Å²) in [7, 11) is 0. The fourth-order valence-corrected chi connectivity index (χ4v) is 3.91. The van der Waals surface area contributed by atoms with E-state index in [4.69, 9.17) is 11.6 Å². The number of hydrogen-bond acceptors (Lipinski definition) is 1. The Morgan fingerprint density at radius 1 is 1.00 bits per heavy atom. The maximum Gasteiger partial charge on any atom is 0.222 e. The van der Waals surface area contributed by atoms with Gasteiger partial charge >= 0.3 is 0 Å². The normalized spacial score (nSPS) is 21.0. The molecule has 1 aromatic heterocycles. The van der Waals surface area contributed by atoms with Crippen LogP contribution >= 0.6 is 11.6 Å². The number of nitrogens with zero attached hydrogens (tertiary/aromatic N) is 1. The van der Waals surface area contributed by atoms with Gasteiger partial charge in [-0.1, -0.05) is 74.9 Å². The van der Waals surface area contributed by atoms with Gasteiger partial charge in [-0.25, -0.2) is 4.98 Å². The molecule has 3 heteroatoms. The molecule has 1 nitrogen and oxygen atoms in total. The Hall–Kier alpha value is -1.41. The van der Waals surface area contributed by atoms with Gasteiger partial charge in [-0.05, 0) is 47.9 Å². The molecule has 128 valence electrons. The van der Waals surface area contributed by atoms with E-state index in [0.717, 1.165) is 23.8 Å². The van der Waals surface area contributed by atoms with Crippen molar-refractivity contribution in [3.8, 4) is 11.1 Å². The zero-order valence-electron chi connectivity index (χ0n) is 14.3. The highest BCUT2D eigenvalue weighted by molar-refractivity contribution is 6.29. The van der Waals surface area contributed by atoms with Crippen molar-refractivity contribution in [3.63, 3.8) is 0 Å².